The van der Waals surface area contributed by atoms with Crippen molar-refractivity contribution in [2.75, 3.05) is 0 Å². The maximum absolute atomic E-state index is 8.74. The van der Waals surface area contributed by atoms with Crippen LogP contribution in [0.25, 0.3) is 89.1 Å². The lowest BCUT2D eigenvalue weighted by molar-refractivity contribution is 0.669. The molecule has 7 aromatic carbocycles. The van der Waals surface area contributed by atoms with Gasteiger partial charge >= 0.3 is 0 Å². The molecule has 0 unspecified atom stereocenters. The minimum absolute atomic E-state index is 0.0663. The standard InChI is InChI=1S/C43H27N3O/c1-4-12-28(13-5-1)31-20-21-33-25-34(23-22-32(33)24-31)42-44-41(30-16-8-3-9-17-30)45-43(46-42)37-26-35(29-14-6-2-7-15-29)27-39-40(37)36-18-10-11-19-38(36)47-39/h1-27H/i2D,6D,7D,14D,15D. The molecule has 0 aliphatic rings. The molecule has 0 saturated heterocycles. The van der Waals surface area contributed by atoms with Crippen LogP contribution in [0.15, 0.2) is 168 Å². The van der Waals surface area contributed by atoms with Crippen molar-refractivity contribution in [3.8, 4) is 56.4 Å². The first-order valence-corrected chi connectivity index (χ1v) is 15.3. The maximum atomic E-state index is 8.74. The van der Waals surface area contributed by atoms with Crippen molar-refractivity contribution < 1.29 is 11.3 Å². The molecule has 0 bridgehead atoms. The summed E-state index contributed by atoms with van der Waals surface area (Å²) < 4.78 is 48.7. The molecule has 0 fully saturated rings. The van der Waals surface area contributed by atoms with Crippen LogP contribution in [-0.4, -0.2) is 15.0 Å². The van der Waals surface area contributed by atoms with Crippen LogP contribution in [0, 0.1) is 0 Å². The Morgan fingerprint density at radius 3 is 1.81 bits per heavy atom. The normalized spacial score (nSPS) is 12.9. The fourth-order valence-electron chi connectivity index (χ4n) is 6.11. The van der Waals surface area contributed by atoms with Gasteiger partial charge in [0.2, 0.25) is 0 Å². The third-order valence-electron chi connectivity index (χ3n) is 8.38. The van der Waals surface area contributed by atoms with Crippen LogP contribution < -0.4 is 0 Å². The summed E-state index contributed by atoms with van der Waals surface area (Å²) in [5.41, 5.74) is 6.03. The Morgan fingerprint density at radius 1 is 0.426 bits per heavy atom. The first kappa shape index (κ1) is 22.2. The topological polar surface area (TPSA) is 51.8 Å². The third-order valence-corrected chi connectivity index (χ3v) is 8.38. The van der Waals surface area contributed by atoms with Crippen molar-refractivity contribution >= 4 is 32.7 Å². The van der Waals surface area contributed by atoms with Gasteiger partial charge in [-0.05, 0) is 63.4 Å². The zero-order valence-electron chi connectivity index (χ0n) is 30.0. The van der Waals surface area contributed by atoms with Crippen LogP contribution in [0.3, 0.4) is 0 Å². The Morgan fingerprint density at radius 2 is 1.04 bits per heavy atom. The molecular formula is C43H27N3O. The molecule has 0 amide bonds. The second-order valence-corrected chi connectivity index (χ2v) is 11.3. The van der Waals surface area contributed by atoms with E-state index >= 15 is 0 Å². The number of fused-ring (bicyclic) bond motifs is 4. The molecular weight excluding hydrogens is 574 g/mol. The zero-order chi connectivity index (χ0) is 35.5. The summed E-state index contributed by atoms with van der Waals surface area (Å²) in [4.78, 5) is 15.1. The monoisotopic (exact) mass is 606 g/mol. The van der Waals surface area contributed by atoms with Gasteiger partial charge in [-0.25, -0.2) is 15.0 Å². The Kier molecular flexibility index (Phi) is 5.28. The predicted molar refractivity (Wildman–Crippen MR) is 192 cm³/mol. The van der Waals surface area contributed by atoms with Gasteiger partial charge in [-0.1, -0.05) is 133 Å². The molecule has 220 valence electrons. The molecule has 9 aromatic rings. The van der Waals surface area contributed by atoms with E-state index in [2.05, 4.69) is 42.5 Å². The summed E-state index contributed by atoms with van der Waals surface area (Å²) in [6.45, 7) is 0. The smallest absolute Gasteiger partial charge is 0.164 e. The van der Waals surface area contributed by atoms with Gasteiger partial charge in [-0.15, -0.1) is 0 Å². The van der Waals surface area contributed by atoms with Crippen molar-refractivity contribution in [2.24, 2.45) is 0 Å². The van der Waals surface area contributed by atoms with Crippen molar-refractivity contribution in [3.63, 3.8) is 0 Å². The summed E-state index contributed by atoms with van der Waals surface area (Å²) in [6, 6.07) is 41.8. The Labute approximate surface area is 278 Å². The zero-order valence-corrected chi connectivity index (χ0v) is 25.0. The molecule has 9 rings (SSSR count). The lowest BCUT2D eigenvalue weighted by atomic mass is 9.98. The minimum atomic E-state index is -0.454. The van der Waals surface area contributed by atoms with E-state index in [-0.39, 0.29) is 17.6 Å². The second-order valence-electron chi connectivity index (χ2n) is 11.3. The van der Waals surface area contributed by atoms with E-state index in [4.69, 9.17) is 26.2 Å². The van der Waals surface area contributed by atoms with Crippen LogP contribution in [0.1, 0.15) is 6.85 Å². The molecule has 0 aliphatic heterocycles. The van der Waals surface area contributed by atoms with Gasteiger partial charge in [0.1, 0.15) is 11.2 Å². The Balaban J connectivity index is 1.29. The molecule has 47 heavy (non-hydrogen) atoms. The highest BCUT2D eigenvalue weighted by Crippen LogP contribution is 2.40. The molecule has 0 radical (unpaired) electrons. The van der Waals surface area contributed by atoms with Gasteiger partial charge < -0.3 is 4.42 Å². The van der Waals surface area contributed by atoms with Gasteiger partial charge in [0.05, 0.1) is 6.85 Å². The molecule has 0 saturated carbocycles. The summed E-state index contributed by atoms with van der Waals surface area (Å²) in [5.74, 6) is 1.29. The number of furan rings is 1. The van der Waals surface area contributed by atoms with Gasteiger partial charge in [0, 0.05) is 27.5 Å². The highest BCUT2D eigenvalue weighted by molar-refractivity contribution is 6.13. The SMILES string of the molecule is [2H]c1c([2H])c([2H])c(-c2cc(-c3nc(-c4ccccc4)nc(-c4ccc5cc(-c6ccccc6)ccc5c4)n3)c3c(c2)oc2ccccc23)c([2H])c1[2H]. The van der Waals surface area contributed by atoms with E-state index in [0.29, 0.717) is 39.8 Å². The molecule has 0 aliphatic carbocycles. The number of aromatic nitrogens is 3. The maximum Gasteiger partial charge on any atom is 0.164 e. The van der Waals surface area contributed by atoms with E-state index in [1.807, 2.05) is 78.9 Å². The quantitative estimate of drug-likeness (QED) is 0.196. The van der Waals surface area contributed by atoms with Gasteiger partial charge in [-0.2, -0.15) is 0 Å². The van der Waals surface area contributed by atoms with Crippen molar-refractivity contribution in [1.29, 1.82) is 0 Å². The molecule has 0 N–H and O–H groups in total. The fraction of sp³-hybridized carbons (Fsp3) is 0. The largest absolute Gasteiger partial charge is 0.456 e. The van der Waals surface area contributed by atoms with Crippen LogP contribution in [0.4, 0.5) is 0 Å². The van der Waals surface area contributed by atoms with Crippen LogP contribution in [0.2, 0.25) is 0 Å². The van der Waals surface area contributed by atoms with E-state index in [0.717, 1.165) is 43.8 Å². The van der Waals surface area contributed by atoms with E-state index < -0.39 is 18.1 Å². The Hall–Kier alpha value is -6.39. The molecule has 2 aromatic heterocycles. The number of rotatable bonds is 5. The van der Waals surface area contributed by atoms with Crippen molar-refractivity contribution in [1.82, 2.24) is 15.0 Å². The van der Waals surface area contributed by atoms with Crippen molar-refractivity contribution in [3.05, 3.63) is 164 Å². The minimum Gasteiger partial charge on any atom is -0.456 e. The molecule has 0 atom stereocenters. The molecule has 4 nitrogen and oxygen atoms in total. The first-order chi connectivity index (χ1) is 25.3. The highest BCUT2D eigenvalue weighted by Gasteiger charge is 2.19. The number of nitrogens with zero attached hydrogens (tertiary/aromatic N) is 3. The predicted octanol–water partition coefficient (Wildman–Crippen LogP) is 11.3. The molecule has 4 heteroatoms. The first-order valence-electron chi connectivity index (χ1n) is 17.8. The number of benzene rings is 7. The highest BCUT2D eigenvalue weighted by atomic mass is 16.3. The van der Waals surface area contributed by atoms with E-state index in [9.17, 15) is 0 Å². The van der Waals surface area contributed by atoms with Gasteiger partial charge in [0.25, 0.3) is 0 Å². The average Bonchev–Trinajstić information content (AvgIpc) is 3.58. The third kappa shape index (κ3) is 4.93. The summed E-state index contributed by atoms with van der Waals surface area (Å²) in [5, 5.41) is 3.70. The van der Waals surface area contributed by atoms with E-state index in [1.165, 1.54) is 0 Å². The number of para-hydroxylation sites is 1. The van der Waals surface area contributed by atoms with Crippen molar-refractivity contribution in [2.45, 2.75) is 0 Å². The lowest BCUT2D eigenvalue weighted by Gasteiger charge is -2.12. The number of hydrogen-bond donors (Lipinski definition) is 0. The van der Waals surface area contributed by atoms with E-state index in [1.54, 1.807) is 12.1 Å². The number of hydrogen-bond acceptors (Lipinski definition) is 4. The average molecular weight is 607 g/mol. The second kappa shape index (κ2) is 11.2. The molecule has 2 heterocycles. The van der Waals surface area contributed by atoms with Crippen LogP contribution in [0.5, 0.6) is 0 Å². The van der Waals surface area contributed by atoms with Crippen LogP contribution >= 0.6 is 0 Å². The summed E-state index contributed by atoms with van der Waals surface area (Å²) >= 11 is 0. The Bertz CT molecular complexity index is 2830. The summed E-state index contributed by atoms with van der Waals surface area (Å²) in [7, 11) is 0. The summed E-state index contributed by atoms with van der Waals surface area (Å²) in [6.07, 6.45) is 0. The van der Waals surface area contributed by atoms with Gasteiger partial charge in [0.15, 0.2) is 17.5 Å². The van der Waals surface area contributed by atoms with Gasteiger partial charge in [-0.3, -0.25) is 0 Å². The molecule has 0 spiro atoms. The fourth-order valence-corrected chi connectivity index (χ4v) is 6.11. The van der Waals surface area contributed by atoms with Crippen LogP contribution in [-0.2, 0) is 0 Å². The lowest BCUT2D eigenvalue weighted by Crippen LogP contribution is -2.00.